The van der Waals surface area contributed by atoms with Crippen molar-refractivity contribution in [3.63, 3.8) is 0 Å². The third-order valence-corrected chi connectivity index (χ3v) is 2.40. The molecule has 0 aliphatic heterocycles. The summed E-state index contributed by atoms with van der Waals surface area (Å²) in [4.78, 5) is 0. The molecule has 0 saturated heterocycles. The minimum atomic E-state index is 1.03. The first kappa shape index (κ1) is 15.0. The van der Waals surface area contributed by atoms with E-state index in [1.807, 2.05) is 13.8 Å². The second kappa shape index (κ2) is 9.26. The zero-order chi connectivity index (χ0) is 12.4. The zero-order valence-corrected chi connectivity index (χ0v) is 11.5. The lowest BCUT2D eigenvalue weighted by atomic mass is 10.0. The third kappa shape index (κ3) is 4.69. The van der Waals surface area contributed by atoms with Crippen LogP contribution in [0.1, 0.15) is 51.7 Å². The molecule has 0 unspecified atom stereocenters. The Hall–Kier alpha value is -0.980. The maximum Gasteiger partial charge on any atom is 0.122 e. The van der Waals surface area contributed by atoms with Crippen molar-refractivity contribution < 1.29 is 4.74 Å². The molecule has 16 heavy (non-hydrogen) atoms. The summed E-state index contributed by atoms with van der Waals surface area (Å²) in [5.41, 5.74) is 2.78. The summed E-state index contributed by atoms with van der Waals surface area (Å²) in [6.07, 6.45) is 4.66. The van der Waals surface area contributed by atoms with Crippen LogP contribution < -0.4 is 4.74 Å². The number of benzene rings is 1. The summed E-state index contributed by atoms with van der Waals surface area (Å²) in [6, 6.07) is 6.54. The van der Waals surface area contributed by atoms with E-state index in [1.54, 1.807) is 7.11 Å². The van der Waals surface area contributed by atoms with Crippen LogP contribution in [0.15, 0.2) is 18.2 Å². The van der Waals surface area contributed by atoms with Gasteiger partial charge in [0.25, 0.3) is 0 Å². The summed E-state index contributed by atoms with van der Waals surface area (Å²) in [6.45, 7) is 8.41. The van der Waals surface area contributed by atoms with E-state index in [4.69, 9.17) is 4.74 Å². The number of hydrogen-bond acceptors (Lipinski definition) is 1. The van der Waals surface area contributed by atoms with Crippen LogP contribution >= 0.6 is 0 Å². The van der Waals surface area contributed by atoms with Gasteiger partial charge in [-0.15, -0.1) is 0 Å². The molecule has 0 N–H and O–H groups in total. The van der Waals surface area contributed by atoms with Gasteiger partial charge in [0, 0.05) is 0 Å². The van der Waals surface area contributed by atoms with Gasteiger partial charge in [-0.05, 0) is 30.0 Å². The van der Waals surface area contributed by atoms with Crippen LogP contribution in [-0.4, -0.2) is 7.11 Å². The molecule has 0 aliphatic rings. The van der Waals surface area contributed by atoms with E-state index in [1.165, 1.54) is 30.4 Å². The molecule has 1 nitrogen and oxygen atoms in total. The molecule has 0 fully saturated rings. The van der Waals surface area contributed by atoms with Gasteiger partial charge in [-0.2, -0.15) is 0 Å². The maximum absolute atomic E-state index is 5.33. The van der Waals surface area contributed by atoms with E-state index >= 15 is 0 Å². The van der Waals surface area contributed by atoms with E-state index in [-0.39, 0.29) is 0 Å². The largest absolute Gasteiger partial charge is 0.496 e. The fourth-order valence-corrected chi connectivity index (χ4v) is 1.74. The first-order valence-electron chi connectivity index (χ1n) is 6.47. The average Bonchev–Trinajstić information content (AvgIpc) is 2.33. The lowest BCUT2D eigenvalue weighted by Crippen LogP contribution is -1.94. The van der Waals surface area contributed by atoms with Gasteiger partial charge in [0.15, 0.2) is 0 Å². The molecule has 0 aromatic heterocycles. The summed E-state index contributed by atoms with van der Waals surface area (Å²) in [5, 5.41) is 0. The highest BCUT2D eigenvalue weighted by Gasteiger charge is 2.02. The van der Waals surface area contributed by atoms with Crippen molar-refractivity contribution >= 4 is 0 Å². The minimum absolute atomic E-state index is 1.03. The SMILES string of the molecule is CC.CCCc1ccc(OC)c(CCC)c1. The Balaban J connectivity index is 0.00000106. The highest BCUT2D eigenvalue weighted by atomic mass is 16.5. The van der Waals surface area contributed by atoms with Crippen LogP contribution in [0.3, 0.4) is 0 Å². The molecular formula is C15H26O. The molecule has 1 aromatic carbocycles. The quantitative estimate of drug-likeness (QED) is 0.706. The lowest BCUT2D eigenvalue weighted by Gasteiger charge is -2.09. The molecule has 1 aromatic rings. The van der Waals surface area contributed by atoms with Crippen molar-refractivity contribution in [1.82, 2.24) is 0 Å². The van der Waals surface area contributed by atoms with Crippen LogP contribution in [0.25, 0.3) is 0 Å². The van der Waals surface area contributed by atoms with Crippen molar-refractivity contribution in [3.05, 3.63) is 29.3 Å². The topological polar surface area (TPSA) is 9.23 Å². The van der Waals surface area contributed by atoms with E-state index in [9.17, 15) is 0 Å². The number of methoxy groups -OCH3 is 1. The van der Waals surface area contributed by atoms with Gasteiger partial charge in [-0.1, -0.05) is 52.7 Å². The third-order valence-electron chi connectivity index (χ3n) is 2.40. The molecule has 0 atom stereocenters. The van der Waals surface area contributed by atoms with E-state index in [0.29, 0.717) is 0 Å². The minimum Gasteiger partial charge on any atom is -0.496 e. The molecule has 0 saturated carbocycles. The molecule has 1 heteroatoms. The number of rotatable bonds is 5. The maximum atomic E-state index is 5.33. The molecular weight excluding hydrogens is 196 g/mol. The van der Waals surface area contributed by atoms with Crippen LogP contribution in [0, 0.1) is 0 Å². The monoisotopic (exact) mass is 222 g/mol. The Morgan fingerprint density at radius 3 is 2.12 bits per heavy atom. The van der Waals surface area contributed by atoms with Gasteiger partial charge in [-0.25, -0.2) is 0 Å². The fourth-order valence-electron chi connectivity index (χ4n) is 1.74. The lowest BCUT2D eigenvalue weighted by molar-refractivity contribution is 0.409. The van der Waals surface area contributed by atoms with Gasteiger partial charge < -0.3 is 4.74 Å². The van der Waals surface area contributed by atoms with Gasteiger partial charge in [0.05, 0.1) is 7.11 Å². The van der Waals surface area contributed by atoms with Gasteiger partial charge >= 0.3 is 0 Å². The predicted octanol–water partition coefficient (Wildman–Crippen LogP) is 4.63. The van der Waals surface area contributed by atoms with Gasteiger partial charge in [0.2, 0.25) is 0 Å². The average molecular weight is 222 g/mol. The van der Waals surface area contributed by atoms with Crippen LogP contribution in [-0.2, 0) is 12.8 Å². The fraction of sp³-hybridized carbons (Fsp3) is 0.600. The number of ether oxygens (including phenoxy) is 1. The standard InChI is InChI=1S/C13H20O.C2H6/c1-4-6-11-8-9-13(14-3)12(10-11)7-5-2;1-2/h8-10H,4-7H2,1-3H3;1-2H3. The summed E-state index contributed by atoms with van der Waals surface area (Å²) in [5.74, 6) is 1.03. The summed E-state index contributed by atoms with van der Waals surface area (Å²) >= 11 is 0. The van der Waals surface area contributed by atoms with E-state index in [2.05, 4.69) is 32.0 Å². The first-order valence-corrected chi connectivity index (χ1v) is 6.47. The molecule has 0 aliphatic carbocycles. The normalized spacial score (nSPS) is 9.31. The number of hydrogen-bond donors (Lipinski definition) is 0. The Morgan fingerprint density at radius 1 is 1.00 bits per heavy atom. The second-order valence-electron chi connectivity index (χ2n) is 3.65. The van der Waals surface area contributed by atoms with Crippen LogP contribution in [0.4, 0.5) is 0 Å². The summed E-state index contributed by atoms with van der Waals surface area (Å²) < 4.78 is 5.33. The Bertz CT molecular complexity index is 279. The molecule has 1 rings (SSSR count). The van der Waals surface area contributed by atoms with Crippen molar-refractivity contribution in [1.29, 1.82) is 0 Å². The molecule has 92 valence electrons. The van der Waals surface area contributed by atoms with Gasteiger partial charge in [0.1, 0.15) is 5.75 Å². The first-order chi connectivity index (χ1) is 7.81. The van der Waals surface area contributed by atoms with Crippen LogP contribution in [0.5, 0.6) is 5.75 Å². The zero-order valence-electron chi connectivity index (χ0n) is 11.5. The van der Waals surface area contributed by atoms with Crippen molar-refractivity contribution in [2.75, 3.05) is 7.11 Å². The molecule has 0 heterocycles. The Labute approximate surface area is 101 Å². The molecule has 0 spiro atoms. The number of aryl methyl sites for hydroxylation is 2. The Morgan fingerprint density at radius 2 is 1.62 bits per heavy atom. The van der Waals surface area contributed by atoms with Gasteiger partial charge in [-0.3, -0.25) is 0 Å². The van der Waals surface area contributed by atoms with Crippen molar-refractivity contribution in [2.24, 2.45) is 0 Å². The smallest absolute Gasteiger partial charge is 0.122 e. The van der Waals surface area contributed by atoms with Crippen LogP contribution in [0.2, 0.25) is 0 Å². The highest BCUT2D eigenvalue weighted by molar-refractivity contribution is 5.37. The van der Waals surface area contributed by atoms with E-state index < -0.39 is 0 Å². The second-order valence-corrected chi connectivity index (χ2v) is 3.65. The van der Waals surface area contributed by atoms with E-state index in [0.717, 1.165) is 12.2 Å². The molecule has 0 radical (unpaired) electrons. The Kier molecular flexibility index (Phi) is 8.69. The predicted molar refractivity (Wildman–Crippen MR) is 72.3 cm³/mol. The molecule has 0 amide bonds. The van der Waals surface area contributed by atoms with Crippen molar-refractivity contribution in [3.8, 4) is 5.75 Å². The molecule has 0 bridgehead atoms. The summed E-state index contributed by atoms with van der Waals surface area (Å²) in [7, 11) is 1.74. The highest BCUT2D eigenvalue weighted by Crippen LogP contribution is 2.21. The van der Waals surface area contributed by atoms with Crippen molar-refractivity contribution in [2.45, 2.75) is 53.4 Å².